The first-order valence-electron chi connectivity index (χ1n) is 8.10. The number of amides is 1. The summed E-state index contributed by atoms with van der Waals surface area (Å²) in [6.07, 6.45) is 0.948. The van der Waals surface area contributed by atoms with Crippen LogP contribution in [-0.4, -0.2) is 31.1 Å². The van der Waals surface area contributed by atoms with Crippen molar-refractivity contribution in [2.24, 2.45) is 0 Å². The molecular weight excluding hydrogens is 364 g/mol. The minimum atomic E-state index is -2.85. The fourth-order valence-corrected chi connectivity index (χ4v) is 2.40. The zero-order chi connectivity index (χ0) is 18.9. The van der Waals surface area contributed by atoms with E-state index in [1.807, 2.05) is 0 Å². The summed E-state index contributed by atoms with van der Waals surface area (Å²) in [5, 5.41) is 0.642. The third-order valence-corrected chi connectivity index (χ3v) is 3.86. The Morgan fingerprint density at radius 1 is 1.08 bits per heavy atom. The van der Waals surface area contributed by atoms with Crippen LogP contribution in [0, 0.1) is 0 Å². The van der Waals surface area contributed by atoms with Gasteiger partial charge < -0.3 is 14.4 Å². The molecule has 0 unspecified atom stereocenters. The summed E-state index contributed by atoms with van der Waals surface area (Å²) in [6, 6.07) is 13.3. The Bertz CT molecular complexity index is 693. The lowest BCUT2D eigenvalue weighted by molar-refractivity contribution is -0.130. The number of halogens is 3. The van der Waals surface area contributed by atoms with Crippen LogP contribution in [-0.2, 0) is 11.3 Å². The lowest BCUT2D eigenvalue weighted by atomic mass is 10.2. The van der Waals surface area contributed by atoms with Crippen LogP contribution >= 0.6 is 11.6 Å². The SMILES string of the molecule is CN(Cc1ccc(OC(F)F)cc1)C(=O)CCCOc1ccc(Cl)cc1. The quantitative estimate of drug-likeness (QED) is 0.586. The van der Waals surface area contributed by atoms with Gasteiger partial charge in [-0.3, -0.25) is 4.79 Å². The highest BCUT2D eigenvalue weighted by atomic mass is 35.5. The zero-order valence-corrected chi connectivity index (χ0v) is 15.1. The van der Waals surface area contributed by atoms with Gasteiger partial charge >= 0.3 is 6.61 Å². The average Bonchev–Trinajstić information content (AvgIpc) is 2.61. The highest BCUT2D eigenvalue weighted by Gasteiger charge is 2.10. The van der Waals surface area contributed by atoms with Crippen LogP contribution in [0.15, 0.2) is 48.5 Å². The number of hydrogen-bond donors (Lipinski definition) is 0. The molecule has 0 fully saturated rings. The molecule has 2 aromatic carbocycles. The third-order valence-electron chi connectivity index (χ3n) is 3.61. The van der Waals surface area contributed by atoms with Crippen molar-refractivity contribution in [3.8, 4) is 11.5 Å². The summed E-state index contributed by atoms with van der Waals surface area (Å²) in [6.45, 7) is -2.02. The van der Waals surface area contributed by atoms with Crippen LogP contribution < -0.4 is 9.47 Å². The normalized spacial score (nSPS) is 10.7. The van der Waals surface area contributed by atoms with Gasteiger partial charge in [-0.05, 0) is 48.4 Å². The Morgan fingerprint density at radius 2 is 1.69 bits per heavy atom. The molecule has 26 heavy (non-hydrogen) atoms. The van der Waals surface area contributed by atoms with Gasteiger partial charge in [0.2, 0.25) is 5.91 Å². The summed E-state index contributed by atoms with van der Waals surface area (Å²) in [5.41, 5.74) is 0.833. The second kappa shape index (κ2) is 9.97. The van der Waals surface area contributed by atoms with Crippen molar-refractivity contribution in [3.63, 3.8) is 0 Å². The van der Waals surface area contributed by atoms with E-state index in [1.165, 1.54) is 12.1 Å². The summed E-state index contributed by atoms with van der Waals surface area (Å²) in [5.74, 6) is 0.788. The molecular formula is C19H20ClF2NO3. The van der Waals surface area contributed by atoms with Crippen LogP contribution in [0.1, 0.15) is 18.4 Å². The summed E-state index contributed by atoms with van der Waals surface area (Å²) >= 11 is 5.80. The molecule has 0 aromatic heterocycles. The number of alkyl halides is 2. The number of hydrogen-bond acceptors (Lipinski definition) is 3. The molecule has 0 aliphatic rings. The van der Waals surface area contributed by atoms with Gasteiger partial charge in [0.05, 0.1) is 6.61 Å². The van der Waals surface area contributed by atoms with E-state index < -0.39 is 6.61 Å². The molecule has 7 heteroatoms. The van der Waals surface area contributed by atoms with E-state index >= 15 is 0 Å². The van der Waals surface area contributed by atoms with Crippen LogP contribution in [0.2, 0.25) is 5.02 Å². The third kappa shape index (κ3) is 6.88. The van der Waals surface area contributed by atoms with Crippen molar-refractivity contribution < 1.29 is 23.0 Å². The lowest BCUT2D eigenvalue weighted by Gasteiger charge is -2.17. The maximum absolute atomic E-state index is 12.1. The van der Waals surface area contributed by atoms with Crippen LogP contribution in [0.5, 0.6) is 11.5 Å². The maximum atomic E-state index is 12.1. The molecule has 0 bridgehead atoms. The Morgan fingerprint density at radius 3 is 2.31 bits per heavy atom. The molecule has 140 valence electrons. The standard InChI is InChI=1S/C19H20ClF2NO3/c1-23(13-14-4-8-17(9-5-14)26-19(21)22)18(24)3-2-12-25-16-10-6-15(20)7-11-16/h4-11,19H,2-3,12-13H2,1H3. The average molecular weight is 384 g/mol. The predicted molar refractivity (Wildman–Crippen MR) is 95.7 cm³/mol. The minimum absolute atomic E-state index is 0.0161. The van der Waals surface area contributed by atoms with Crippen molar-refractivity contribution in [2.75, 3.05) is 13.7 Å². The highest BCUT2D eigenvalue weighted by Crippen LogP contribution is 2.17. The zero-order valence-electron chi connectivity index (χ0n) is 14.3. The van der Waals surface area contributed by atoms with Crippen molar-refractivity contribution in [1.82, 2.24) is 4.90 Å². The van der Waals surface area contributed by atoms with Crippen LogP contribution in [0.4, 0.5) is 8.78 Å². The van der Waals surface area contributed by atoms with Crippen molar-refractivity contribution in [2.45, 2.75) is 26.0 Å². The molecule has 2 aromatic rings. The van der Waals surface area contributed by atoms with Gasteiger partial charge in [0, 0.05) is 25.0 Å². The number of carbonyl (C=O) groups excluding carboxylic acids is 1. The van der Waals surface area contributed by atoms with Crippen LogP contribution in [0.25, 0.3) is 0 Å². The van der Waals surface area contributed by atoms with Crippen LogP contribution in [0.3, 0.4) is 0 Å². The van der Waals surface area contributed by atoms with E-state index in [1.54, 1.807) is 48.3 Å². The highest BCUT2D eigenvalue weighted by molar-refractivity contribution is 6.30. The van der Waals surface area contributed by atoms with Crippen molar-refractivity contribution in [3.05, 3.63) is 59.1 Å². The van der Waals surface area contributed by atoms with Gasteiger partial charge in [-0.25, -0.2) is 0 Å². The van der Waals surface area contributed by atoms with E-state index in [2.05, 4.69) is 4.74 Å². The second-order valence-electron chi connectivity index (χ2n) is 5.68. The minimum Gasteiger partial charge on any atom is -0.494 e. The number of rotatable bonds is 9. The molecule has 0 atom stereocenters. The number of carbonyl (C=O) groups is 1. The summed E-state index contributed by atoms with van der Waals surface area (Å²) in [7, 11) is 1.70. The molecule has 0 aliphatic heterocycles. The van der Waals surface area contributed by atoms with E-state index in [4.69, 9.17) is 16.3 Å². The first kappa shape index (κ1) is 20.0. The summed E-state index contributed by atoms with van der Waals surface area (Å²) < 4.78 is 34.1. The van der Waals surface area contributed by atoms with E-state index in [-0.39, 0.29) is 11.7 Å². The maximum Gasteiger partial charge on any atom is 0.387 e. The van der Waals surface area contributed by atoms with Gasteiger partial charge in [-0.15, -0.1) is 0 Å². The van der Waals surface area contributed by atoms with Gasteiger partial charge in [-0.1, -0.05) is 23.7 Å². The lowest BCUT2D eigenvalue weighted by Crippen LogP contribution is -2.26. The number of ether oxygens (including phenoxy) is 2. The Kier molecular flexibility index (Phi) is 7.66. The second-order valence-corrected chi connectivity index (χ2v) is 6.11. The Hall–Kier alpha value is -2.34. The van der Waals surface area contributed by atoms with Crippen molar-refractivity contribution in [1.29, 1.82) is 0 Å². The van der Waals surface area contributed by atoms with Gasteiger partial charge in [-0.2, -0.15) is 8.78 Å². The fraction of sp³-hybridized carbons (Fsp3) is 0.316. The van der Waals surface area contributed by atoms with Gasteiger partial charge in [0.1, 0.15) is 11.5 Å². The number of nitrogens with zero attached hydrogens (tertiary/aromatic N) is 1. The van der Waals surface area contributed by atoms with E-state index in [0.29, 0.717) is 36.8 Å². The molecule has 0 saturated heterocycles. The largest absolute Gasteiger partial charge is 0.494 e. The molecule has 0 aliphatic carbocycles. The molecule has 2 rings (SSSR count). The fourth-order valence-electron chi connectivity index (χ4n) is 2.27. The molecule has 0 heterocycles. The Labute approximate surface area is 156 Å². The first-order chi connectivity index (χ1) is 12.4. The molecule has 0 N–H and O–H groups in total. The predicted octanol–water partition coefficient (Wildman–Crippen LogP) is 4.76. The Balaban J connectivity index is 1.70. The molecule has 0 radical (unpaired) electrons. The number of benzene rings is 2. The molecule has 0 saturated carbocycles. The molecule has 4 nitrogen and oxygen atoms in total. The molecule has 0 spiro atoms. The monoisotopic (exact) mass is 383 g/mol. The van der Waals surface area contributed by atoms with E-state index in [0.717, 1.165) is 5.56 Å². The van der Waals surface area contributed by atoms with Gasteiger partial charge in [0.25, 0.3) is 0 Å². The van der Waals surface area contributed by atoms with Crippen molar-refractivity contribution >= 4 is 17.5 Å². The van der Waals surface area contributed by atoms with Gasteiger partial charge in [0.15, 0.2) is 0 Å². The summed E-state index contributed by atoms with van der Waals surface area (Å²) in [4.78, 5) is 13.7. The first-order valence-corrected chi connectivity index (χ1v) is 8.48. The molecule has 1 amide bonds. The topological polar surface area (TPSA) is 38.8 Å². The van der Waals surface area contributed by atoms with E-state index in [9.17, 15) is 13.6 Å². The smallest absolute Gasteiger partial charge is 0.387 e.